The van der Waals surface area contributed by atoms with Crippen molar-refractivity contribution in [1.82, 2.24) is 25.1 Å². The quantitative estimate of drug-likeness (QED) is 0.683. The van der Waals surface area contributed by atoms with Gasteiger partial charge in [0.25, 0.3) is 0 Å². The molecule has 9 heteroatoms. The molecule has 0 aliphatic rings. The average Bonchev–Trinajstić information content (AvgIpc) is 3.09. The number of amides is 1. The molecular formula is C16H18N6OS2. The van der Waals surface area contributed by atoms with E-state index in [1.165, 1.54) is 11.3 Å². The molecule has 3 aromatic rings. The van der Waals surface area contributed by atoms with Gasteiger partial charge in [0.1, 0.15) is 5.01 Å². The van der Waals surface area contributed by atoms with Crippen LogP contribution in [0.4, 0.5) is 5.69 Å². The van der Waals surface area contributed by atoms with Crippen molar-refractivity contribution in [1.29, 1.82) is 0 Å². The molecule has 2 heterocycles. The fourth-order valence-corrected chi connectivity index (χ4v) is 3.39. The minimum Gasteiger partial charge on any atom is -0.332 e. The second-order valence-corrected chi connectivity index (χ2v) is 7.39. The number of aryl methyl sites for hydroxylation is 1. The fraction of sp³-hybridized carbons (Fsp3) is 0.312. The van der Waals surface area contributed by atoms with Crippen molar-refractivity contribution in [2.75, 3.05) is 5.32 Å². The van der Waals surface area contributed by atoms with Crippen molar-refractivity contribution in [3.63, 3.8) is 0 Å². The summed E-state index contributed by atoms with van der Waals surface area (Å²) in [5.41, 5.74) is 1.73. The van der Waals surface area contributed by atoms with Gasteiger partial charge in [-0.1, -0.05) is 37.3 Å². The monoisotopic (exact) mass is 374 g/mol. The van der Waals surface area contributed by atoms with Crippen molar-refractivity contribution >= 4 is 45.2 Å². The van der Waals surface area contributed by atoms with Crippen molar-refractivity contribution in [2.45, 2.75) is 27.2 Å². The Morgan fingerprint density at radius 2 is 2.16 bits per heavy atom. The second kappa shape index (κ2) is 7.24. The van der Waals surface area contributed by atoms with Gasteiger partial charge in [0, 0.05) is 17.7 Å². The van der Waals surface area contributed by atoms with E-state index in [1.54, 1.807) is 4.52 Å². The third-order valence-corrected chi connectivity index (χ3v) is 4.51. The van der Waals surface area contributed by atoms with Crippen LogP contribution < -0.4 is 10.6 Å². The number of carbonyl (C=O) groups excluding carboxylic acids is 1. The van der Waals surface area contributed by atoms with Gasteiger partial charge in [-0.2, -0.15) is 9.61 Å². The summed E-state index contributed by atoms with van der Waals surface area (Å²) in [7, 11) is 0. The first-order valence-electron chi connectivity index (χ1n) is 7.82. The Morgan fingerprint density at radius 3 is 2.88 bits per heavy atom. The Hall–Kier alpha value is -2.39. The van der Waals surface area contributed by atoms with Crippen LogP contribution in [0.1, 0.15) is 26.1 Å². The Bertz CT molecular complexity index is 930. The van der Waals surface area contributed by atoms with Gasteiger partial charge in [0.2, 0.25) is 10.9 Å². The highest BCUT2D eigenvalue weighted by atomic mass is 32.1. The number of hydrogen-bond donors (Lipinski definition) is 2. The third kappa shape index (κ3) is 4.18. The number of benzene rings is 1. The molecular weight excluding hydrogens is 356 g/mol. The summed E-state index contributed by atoms with van der Waals surface area (Å²) in [6.07, 6.45) is 0.439. The summed E-state index contributed by atoms with van der Waals surface area (Å²) in [4.78, 5) is 12.5. The zero-order valence-corrected chi connectivity index (χ0v) is 15.7. The maximum absolute atomic E-state index is 11.8. The predicted octanol–water partition coefficient (Wildman–Crippen LogP) is 3.02. The molecule has 3 rings (SSSR count). The molecule has 2 N–H and O–H groups in total. The molecule has 0 fully saturated rings. The van der Waals surface area contributed by atoms with E-state index in [1.807, 2.05) is 45.0 Å². The molecule has 0 aliphatic heterocycles. The summed E-state index contributed by atoms with van der Waals surface area (Å²) in [5, 5.41) is 19.4. The lowest BCUT2D eigenvalue weighted by Crippen LogP contribution is -2.34. The van der Waals surface area contributed by atoms with Crippen LogP contribution in [-0.4, -0.2) is 30.8 Å². The lowest BCUT2D eigenvalue weighted by Gasteiger charge is -2.11. The lowest BCUT2D eigenvalue weighted by molar-refractivity contribution is -0.120. The van der Waals surface area contributed by atoms with Crippen LogP contribution in [0.15, 0.2) is 24.3 Å². The molecule has 0 saturated carbocycles. The molecule has 0 saturated heterocycles. The molecule has 0 unspecified atom stereocenters. The van der Waals surface area contributed by atoms with E-state index in [2.05, 4.69) is 25.9 Å². The molecule has 1 amide bonds. The zero-order chi connectivity index (χ0) is 18.0. The number of fused-ring (bicyclic) bond motifs is 1. The molecule has 2 aromatic heterocycles. The first-order valence-corrected chi connectivity index (χ1v) is 9.05. The van der Waals surface area contributed by atoms with Gasteiger partial charge in [0.15, 0.2) is 10.9 Å². The van der Waals surface area contributed by atoms with Crippen LogP contribution in [0.2, 0.25) is 0 Å². The molecule has 0 atom stereocenters. The van der Waals surface area contributed by atoms with E-state index in [0.29, 0.717) is 6.42 Å². The summed E-state index contributed by atoms with van der Waals surface area (Å²) in [5.74, 6) is 0.946. The summed E-state index contributed by atoms with van der Waals surface area (Å²) >= 11 is 6.67. The smallest absolute Gasteiger partial charge is 0.234 e. The molecule has 7 nitrogen and oxygen atoms in total. The fourth-order valence-electron chi connectivity index (χ4n) is 2.27. The number of hydrogen-bond acceptors (Lipinski definition) is 6. The number of nitrogens with one attached hydrogen (secondary N) is 2. The zero-order valence-electron chi connectivity index (χ0n) is 14.1. The first-order chi connectivity index (χ1) is 11.9. The molecule has 25 heavy (non-hydrogen) atoms. The number of aromatic nitrogens is 4. The van der Waals surface area contributed by atoms with Gasteiger partial charge >= 0.3 is 0 Å². The third-order valence-electron chi connectivity index (χ3n) is 3.36. The van der Waals surface area contributed by atoms with E-state index >= 15 is 0 Å². The topological polar surface area (TPSA) is 84.2 Å². The Kier molecular flexibility index (Phi) is 5.05. The number of carbonyl (C=O) groups is 1. The van der Waals surface area contributed by atoms with Gasteiger partial charge in [-0.15, -0.1) is 10.2 Å². The molecule has 130 valence electrons. The van der Waals surface area contributed by atoms with Crippen LogP contribution in [0.3, 0.4) is 0 Å². The molecule has 0 bridgehead atoms. The van der Waals surface area contributed by atoms with Crippen LogP contribution in [0, 0.1) is 12.8 Å². The Labute approximate surface area is 154 Å². The number of nitrogens with zero attached hydrogens (tertiary/aromatic N) is 4. The van der Waals surface area contributed by atoms with Crippen molar-refractivity contribution in [2.24, 2.45) is 5.92 Å². The first kappa shape index (κ1) is 17.4. The van der Waals surface area contributed by atoms with Gasteiger partial charge < -0.3 is 10.6 Å². The van der Waals surface area contributed by atoms with E-state index in [-0.39, 0.29) is 16.9 Å². The molecule has 0 aliphatic carbocycles. The molecule has 1 aromatic carbocycles. The summed E-state index contributed by atoms with van der Waals surface area (Å²) < 4.78 is 1.72. The van der Waals surface area contributed by atoms with E-state index in [9.17, 15) is 4.79 Å². The maximum atomic E-state index is 11.8. The maximum Gasteiger partial charge on any atom is 0.234 e. The normalized spacial score (nSPS) is 11.0. The number of anilines is 1. The van der Waals surface area contributed by atoms with Crippen molar-refractivity contribution in [3.05, 3.63) is 30.1 Å². The predicted molar refractivity (Wildman–Crippen MR) is 103 cm³/mol. The highest BCUT2D eigenvalue weighted by Crippen LogP contribution is 2.27. The lowest BCUT2D eigenvalue weighted by atomic mass is 10.1. The Balaban J connectivity index is 1.73. The average molecular weight is 374 g/mol. The highest BCUT2D eigenvalue weighted by Gasteiger charge is 2.11. The Morgan fingerprint density at radius 1 is 1.36 bits per heavy atom. The van der Waals surface area contributed by atoms with Gasteiger partial charge in [-0.25, -0.2) is 0 Å². The molecule has 0 spiro atoms. The highest BCUT2D eigenvalue weighted by molar-refractivity contribution is 7.80. The van der Waals surface area contributed by atoms with Crippen LogP contribution >= 0.6 is 23.6 Å². The number of rotatable bonds is 4. The summed E-state index contributed by atoms with van der Waals surface area (Å²) in [6, 6.07) is 7.69. The van der Waals surface area contributed by atoms with Gasteiger partial charge in [0.05, 0.1) is 0 Å². The second-order valence-electron chi connectivity index (χ2n) is 6.03. The summed E-state index contributed by atoms with van der Waals surface area (Å²) in [6.45, 7) is 5.84. The standard InChI is InChI=1S/C16H18N6OS2/c1-9(2)7-13(23)18-15(24)17-12-6-4-5-11(8-12)14-21-22-10(3)19-20-16(22)25-14/h4-6,8-9H,7H2,1-3H3,(H2,17,18,23,24). The number of thiocarbonyl (C=S) groups is 1. The minimum absolute atomic E-state index is 0.0900. The van der Waals surface area contributed by atoms with Crippen molar-refractivity contribution < 1.29 is 4.79 Å². The SMILES string of the molecule is Cc1nnc2sc(-c3cccc(NC(=S)NC(=O)CC(C)C)c3)nn12. The largest absolute Gasteiger partial charge is 0.332 e. The van der Waals surface area contributed by atoms with E-state index in [0.717, 1.165) is 27.0 Å². The minimum atomic E-state index is -0.0900. The van der Waals surface area contributed by atoms with Gasteiger partial charge in [-0.05, 0) is 37.2 Å². The van der Waals surface area contributed by atoms with E-state index in [4.69, 9.17) is 12.2 Å². The van der Waals surface area contributed by atoms with Crippen molar-refractivity contribution in [3.8, 4) is 10.6 Å². The van der Waals surface area contributed by atoms with Crippen LogP contribution in [0.25, 0.3) is 15.5 Å². The van der Waals surface area contributed by atoms with Gasteiger partial charge in [-0.3, -0.25) is 4.79 Å². The molecule has 0 radical (unpaired) electrons. The van der Waals surface area contributed by atoms with Crippen LogP contribution in [-0.2, 0) is 4.79 Å². The van der Waals surface area contributed by atoms with Crippen LogP contribution in [0.5, 0.6) is 0 Å². The van der Waals surface area contributed by atoms with E-state index < -0.39 is 0 Å².